The number of rotatable bonds is 8. The Hall–Kier alpha value is -3.57. The number of benzene rings is 3. The van der Waals surface area contributed by atoms with Gasteiger partial charge in [0.1, 0.15) is 5.75 Å². The molecule has 3 aromatic carbocycles. The average molecular weight is 490 g/mol. The molecular weight excluding hydrogens is 466 g/mol. The van der Waals surface area contributed by atoms with Crippen molar-refractivity contribution in [3.8, 4) is 5.75 Å². The van der Waals surface area contributed by atoms with Gasteiger partial charge in [0.25, 0.3) is 26.0 Å². The van der Waals surface area contributed by atoms with E-state index >= 15 is 0 Å². The van der Waals surface area contributed by atoms with Gasteiger partial charge >= 0.3 is 0 Å². The lowest BCUT2D eigenvalue weighted by atomic mass is 10.2. The lowest BCUT2D eigenvalue weighted by Crippen LogP contribution is -2.18. The number of hydrogen-bond acceptors (Lipinski definition) is 6. The second-order valence-corrected chi connectivity index (χ2v) is 10.4. The fourth-order valence-electron chi connectivity index (χ4n) is 2.88. The predicted molar refractivity (Wildman–Crippen MR) is 126 cm³/mol. The van der Waals surface area contributed by atoms with Crippen molar-refractivity contribution < 1.29 is 26.4 Å². The Balaban J connectivity index is 1.86. The Morgan fingerprint density at radius 2 is 1.36 bits per heavy atom. The molecule has 0 heterocycles. The summed E-state index contributed by atoms with van der Waals surface area (Å²) in [6.07, 6.45) is 0. The summed E-state index contributed by atoms with van der Waals surface area (Å²) in [5.74, 6) is 0.235. The SMILES string of the molecule is CNC(=O)c1ccc(S(=O)(=O)Nc2cc(S(=O)(=O)Nc3ccc(OC)cc3)ccc2C)cc1. The first kappa shape index (κ1) is 24.1. The van der Waals surface area contributed by atoms with Gasteiger partial charge in [0.05, 0.1) is 22.6 Å². The first-order valence-electron chi connectivity index (χ1n) is 9.68. The van der Waals surface area contributed by atoms with E-state index in [1.54, 1.807) is 31.2 Å². The number of ether oxygens (including phenoxy) is 1. The van der Waals surface area contributed by atoms with Crippen molar-refractivity contribution in [2.24, 2.45) is 0 Å². The Bertz CT molecular complexity index is 1370. The quantitative estimate of drug-likeness (QED) is 0.446. The van der Waals surface area contributed by atoms with Crippen LogP contribution in [0.4, 0.5) is 11.4 Å². The van der Waals surface area contributed by atoms with Gasteiger partial charge in [-0.25, -0.2) is 16.8 Å². The normalized spacial score (nSPS) is 11.5. The summed E-state index contributed by atoms with van der Waals surface area (Å²) >= 11 is 0. The molecule has 0 bridgehead atoms. The molecule has 1 amide bonds. The van der Waals surface area contributed by atoms with Crippen LogP contribution in [0, 0.1) is 6.92 Å². The van der Waals surface area contributed by atoms with E-state index in [4.69, 9.17) is 4.74 Å². The van der Waals surface area contributed by atoms with Gasteiger partial charge in [-0.05, 0) is 73.2 Å². The Labute approximate surface area is 192 Å². The first-order valence-corrected chi connectivity index (χ1v) is 12.6. The first-order chi connectivity index (χ1) is 15.6. The topological polar surface area (TPSA) is 131 Å². The standard InChI is InChI=1S/C22H23N3O6S2/c1-15-4-11-20(33(29,30)24-17-7-9-18(31-3)10-8-17)14-21(15)25-32(27,28)19-12-5-16(6-13-19)22(26)23-2/h4-14,24-25H,1-3H3,(H,23,26). The molecule has 3 N–H and O–H groups in total. The molecule has 33 heavy (non-hydrogen) atoms. The molecule has 0 spiro atoms. The summed E-state index contributed by atoms with van der Waals surface area (Å²) in [4.78, 5) is 11.5. The van der Waals surface area contributed by atoms with E-state index in [1.807, 2.05) is 0 Å². The van der Waals surface area contributed by atoms with Gasteiger partial charge in [-0.2, -0.15) is 0 Å². The van der Waals surface area contributed by atoms with E-state index in [2.05, 4.69) is 14.8 Å². The van der Waals surface area contributed by atoms with Crippen LogP contribution in [-0.2, 0) is 20.0 Å². The van der Waals surface area contributed by atoms with Gasteiger partial charge in [-0.1, -0.05) is 6.07 Å². The third-order valence-electron chi connectivity index (χ3n) is 4.76. The molecule has 0 aliphatic heterocycles. The van der Waals surface area contributed by atoms with Crippen molar-refractivity contribution >= 4 is 37.3 Å². The summed E-state index contributed by atoms with van der Waals surface area (Å²) in [5, 5.41) is 2.46. The van der Waals surface area contributed by atoms with Crippen LogP contribution in [-0.4, -0.2) is 36.9 Å². The lowest BCUT2D eigenvalue weighted by Gasteiger charge is -2.14. The molecule has 0 aliphatic carbocycles. The number of aryl methyl sites for hydroxylation is 1. The van der Waals surface area contributed by atoms with Crippen LogP contribution in [0.15, 0.2) is 76.5 Å². The third kappa shape index (κ3) is 5.62. The van der Waals surface area contributed by atoms with Crippen LogP contribution in [0.1, 0.15) is 15.9 Å². The van der Waals surface area contributed by atoms with E-state index in [0.717, 1.165) is 0 Å². The molecular formula is C22H23N3O6S2. The maximum absolute atomic E-state index is 12.8. The highest BCUT2D eigenvalue weighted by Gasteiger charge is 2.20. The highest BCUT2D eigenvalue weighted by molar-refractivity contribution is 7.93. The molecule has 3 aromatic rings. The zero-order valence-electron chi connectivity index (χ0n) is 18.1. The minimum absolute atomic E-state index is 0.0702. The summed E-state index contributed by atoms with van der Waals surface area (Å²) < 4.78 is 61.2. The molecule has 9 nitrogen and oxygen atoms in total. The number of sulfonamides is 2. The minimum Gasteiger partial charge on any atom is -0.497 e. The maximum atomic E-state index is 12.8. The molecule has 0 aromatic heterocycles. The number of amides is 1. The van der Waals surface area contributed by atoms with E-state index in [-0.39, 0.29) is 21.4 Å². The van der Waals surface area contributed by atoms with Gasteiger partial charge in [-0.15, -0.1) is 0 Å². The van der Waals surface area contributed by atoms with Crippen molar-refractivity contribution in [2.45, 2.75) is 16.7 Å². The molecule has 0 saturated heterocycles. The molecule has 0 fully saturated rings. The van der Waals surface area contributed by atoms with Crippen LogP contribution in [0.2, 0.25) is 0 Å². The van der Waals surface area contributed by atoms with Crippen molar-refractivity contribution in [1.29, 1.82) is 0 Å². The molecule has 3 rings (SSSR count). The van der Waals surface area contributed by atoms with Crippen LogP contribution in [0.25, 0.3) is 0 Å². The van der Waals surface area contributed by atoms with Gasteiger partial charge in [0.2, 0.25) is 0 Å². The van der Waals surface area contributed by atoms with Crippen molar-refractivity contribution in [3.63, 3.8) is 0 Å². The molecule has 0 radical (unpaired) electrons. The van der Waals surface area contributed by atoms with Crippen molar-refractivity contribution in [3.05, 3.63) is 77.9 Å². The van der Waals surface area contributed by atoms with Crippen LogP contribution >= 0.6 is 0 Å². The minimum atomic E-state index is -4.02. The summed E-state index contributed by atoms with van der Waals surface area (Å²) in [6, 6.07) is 15.9. The van der Waals surface area contributed by atoms with Gasteiger partial charge in [0, 0.05) is 18.3 Å². The summed E-state index contributed by atoms with van der Waals surface area (Å²) in [6.45, 7) is 1.65. The number of carbonyl (C=O) groups excluding carboxylic acids is 1. The summed E-state index contributed by atoms with van der Waals surface area (Å²) in [7, 11) is -5.03. The number of anilines is 2. The van der Waals surface area contributed by atoms with Gasteiger partial charge in [-0.3, -0.25) is 14.2 Å². The zero-order valence-corrected chi connectivity index (χ0v) is 19.7. The Morgan fingerprint density at radius 1 is 0.788 bits per heavy atom. The number of carbonyl (C=O) groups is 1. The van der Waals surface area contributed by atoms with Crippen molar-refractivity contribution in [2.75, 3.05) is 23.6 Å². The monoisotopic (exact) mass is 489 g/mol. The maximum Gasteiger partial charge on any atom is 0.261 e. The third-order valence-corrected chi connectivity index (χ3v) is 7.52. The average Bonchev–Trinajstić information content (AvgIpc) is 2.80. The van der Waals surface area contributed by atoms with Crippen LogP contribution < -0.4 is 19.5 Å². The Morgan fingerprint density at radius 3 is 1.94 bits per heavy atom. The lowest BCUT2D eigenvalue weighted by molar-refractivity contribution is 0.0963. The van der Waals surface area contributed by atoms with Crippen LogP contribution in [0.5, 0.6) is 5.75 Å². The second-order valence-electron chi connectivity index (χ2n) is 7.02. The van der Waals surface area contributed by atoms with E-state index in [0.29, 0.717) is 22.6 Å². The van der Waals surface area contributed by atoms with E-state index < -0.39 is 20.0 Å². The number of nitrogens with one attached hydrogen (secondary N) is 3. The fraction of sp³-hybridized carbons (Fsp3) is 0.136. The van der Waals surface area contributed by atoms with Gasteiger partial charge < -0.3 is 10.1 Å². The molecule has 174 valence electrons. The molecule has 0 saturated carbocycles. The second kappa shape index (κ2) is 9.51. The van der Waals surface area contributed by atoms with Gasteiger partial charge in [0.15, 0.2) is 0 Å². The fourth-order valence-corrected chi connectivity index (χ4v) is 5.09. The van der Waals surface area contributed by atoms with E-state index in [1.165, 1.54) is 56.6 Å². The highest BCUT2D eigenvalue weighted by Crippen LogP contribution is 2.25. The molecule has 0 unspecified atom stereocenters. The smallest absolute Gasteiger partial charge is 0.261 e. The summed E-state index contributed by atoms with van der Waals surface area (Å²) in [5.41, 5.74) is 1.28. The van der Waals surface area contributed by atoms with Crippen molar-refractivity contribution in [1.82, 2.24) is 5.32 Å². The predicted octanol–water partition coefficient (Wildman–Crippen LogP) is 2.96. The molecule has 0 aliphatic rings. The Kier molecular flexibility index (Phi) is 6.94. The number of hydrogen-bond donors (Lipinski definition) is 3. The van der Waals surface area contributed by atoms with Crippen LogP contribution in [0.3, 0.4) is 0 Å². The highest BCUT2D eigenvalue weighted by atomic mass is 32.2. The molecule has 11 heteroatoms. The zero-order chi connectivity index (χ0) is 24.2. The number of methoxy groups -OCH3 is 1. The van der Waals surface area contributed by atoms with E-state index in [9.17, 15) is 21.6 Å². The molecule has 0 atom stereocenters. The largest absolute Gasteiger partial charge is 0.497 e.